The van der Waals surface area contributed by atoms with E-state index in [-0.39, 0.29) is 18.6 Å². The van der Waals surface area contributed by atoms with Crippen molar-refractivity contribution in [1.82, 2.24) is 0 Å². The van der Waals surface area contributed by atoms with Gasteiger partial charge in [0.05, 0.1) is 12.0 Å². The smallest absolute Gasteiger partial charge is 0.217 e. The van der Waals surface area contributed by atoms with Crippen molar-refractivity contribution in [1.29, 1.82) is 0 Å². The van der Waals surface area contributed by atoms with Crippen molar-refractivity contribution in [2.45, 2.75) is 18.9 Å². The molecule has 0 fully saturated rings. The molecule has 0 bridgehead atoms. The maximum Gasteiger partial charge on any atom is 0.217 e. The highest BCUT2D eigenvalue weighted by molar-refractivity contribution is 6.00. The van der Waals surface area contributed by atoms with Gasteiger partial charge >= 0.3 is 0 Å². The first-order valence-electron chi connectivity index (χ1n) is 9.22. The van der Waals surface area contributed by atoms with E-state index in [1.54, 1.807) is 12.1 Å². The molecule has 4 nitrogen and oxygen atoms in total. The van der Waals surface area contributed by atoms with Crippen LogP contribution in [0.3, 0.4) is 0 Å². The van der Waals surface area contributed by atoms with Crippen molar-refractivity contribution in [2.24, 2.45) is 11.5 Å². The summed E-state index contributed by atoms with van der Waals surface area (Å²) in [5.74, 6) is 0.454. The molecular formula is C24H23N2O2. The Hall–Kier alpha value is -3.24. The van der Waals surface area contributed by atoms with Crippen LogP contribution in [0, 0.1) is 5.92 Å². The van der Waals surface area contributed by atoms with Gasteiger partial charge < -0.3 is 11.5 Å². The monoisotopic (exact) mass is 371 g/mol. The third-order valence-corrected chi connectivity index (χ3v) is 4.62. The fourth-order valence-electron chi connectivity index (χ4n) is 3.15. The second-order valence-electron chi connectivity index (χ2n) is 6.66. The molecule has 28 heavy (non-hydrogen) atoms. The Bertz CT molecular complexity index is 882. The van der Waals surface area contributed by atoms with Crippen LogP contribution < -0.4 is 11.5 Å². The highest BCUT2D eigenvalue weighted by Crippen LogP contribution is 2.30. The molecule has 4 N–H and O–H groups in total. The molecule has 0 saturated carbocycles. The zero-order valence-electron chi connectivity index (χ0n) is 15.5. The van der Waals surface area contributed by atoms with Crippen molar-refractivity contribution in [3.05, 3.63) is 113 Å². The average molecular weight is 371 g/mol. The predicted molar refractivity (Wildman–Crippen MR) is 111 cm³/mol. The van der Waals surface area contributed by atoms with Crippen LogP contribution >= 0.6 is 0 Å². The molecule has 1 atom stereocenters. The maximum atomic E-state index is 12.5. The average Bonchev–Trinajstić information content (AvgIpc) is 2.74. The lowest BCUT2D eigenvalue weighted by Crippen LogP contribution is -2.31. The number of hydrogen-bond donors (Lipinski definition) is 2. The van der Waals surface area contributed by atoms with E-state index >= 15 is 0 Å². The van der Waals surface area contributed by atoms with Gasteiger partial charge in [0.2, 0.25) is 5.91 Å². The van der Waals surface area contributed by atoms with E-state index in [9.17, 15) is 9.59 Å². The zero-order chi connectivity index (χ0) is 19.9. The largest absolute Gasteiger partial charge is 0.370 e. The van der Waals surface area contributed by atoms with Crippen molar-refractivity contribution in [3.63, 3.8) is 0 Å². The molecule has 141 valence electrons. The van der Waals surface area contributed by atoms with Crippen LogP contribution in [0.2, 0.25) is 0 Å². The zero-order valence-corrected chi connectivity index (χ0v) is 15.5. The van der Waals surface area contributed by atoms with Crippen LogP contribution in [-0.4, -0.2) is 17.7 Å². The van der Waals surface area contributed by atoms with Gasteiger partial charge in [-0.1, -0.05) is 84.9 Å². The molecule has 1 radical (unpaired) electrons. The minimum atomic E-state index is -0.731. The van der Waals surface area contributed by atoms with Crippen LogP contribution in [0.15, 0.2) is 84.9 Å². The molecule has 3 aromatic carbocycles. The first-order chi connectivity index (χ1) is 13.6. The van der Waals surface area contributed by atoms with E-state index in [0.29, 0.717) is 5.56 Å². The minimum absolute atomic E-state index is 0.102. The fraction of sp³-hybridized carbons (Fsp3) is 0.125. The second-order valence-corrected chi connectivity index (χ2v) is 6.66. The Balaban J connectivity index is 1.87. The number of hydrogen-bond acceptors (Lipinski definition) is 3. The molecule has 0 aliphatic rings. The first-order valence-corrected chi connectivity index (χ1v) is 9.22. The van der Waals surface area contributed by atoms with E-state index in [0.717, 1.165) is 22.6 Å². The summed E-state index contributed by atoms with van der Waals surface area (Å²) >= 11 is 0. The van der Waals surface area contributed by atoms with Crippen molar-refractivity contribution in [3.8, 4) is 0 Å². The van der Waals surface area contributed by atoms with Crippen molar-refractivity contribution >= 4 is 11.7 Å². The van der Waals surface area contributed by atoms with Crippen LogP contribution in [0.4, 0.5) is 0 Å². The van der Waals surface area contributed by atoms with Gasteiger partial charge in [0, 0.05) is 12.0 Å². The molecule has 0 aliphatic carbocycles. The molecule has 0 saturated heterocycles. The summed E-state index contributed by atoms with van der Waals surface area (Å²) in [6, 6.07) is 27.0. The number of amides is 1. The SMILES string of the molecule is NC(=O)CC[C@H](N)C(=O)c1ccc([C](c2ccccc2)c2ccccc2)cc1. The highest BCUT2D eigenvalue weighted by Gasteiger charge is 2.20. The number of nitrogens with two attached hydrogens (primary N) is 2. The molecule has 1 amide bonds. The Morgan fingerprint density at radius 3 is 1.57 bits per heavy atom. The lowest BCUT2D eigenvalue weighted by atomic mass is 9.84. The lowest BCUT2D eigenvalue weighted by molar-refractivity contribution is -0.118. The molecule has 3 rings (SSSR count). The molecule has 0 spiro atoms. The summed E-state index contributed by atoms with van der Waals surface area (Å²) in [5, 5.41) is 0. The van der Waals surface area contributed by atoms with E-state index in [2.05, 4.69) is 24.3 Å². The fourth-order valence-corrected chi connectivity index (χ4v) is 3.15. The molecule has 0 unspecified atom stereocenters. The van der Waals surface area contributed by atoms with Gasteiger partial charge in [0.1, 0.15) is 0 Å². The summed E-state index contributed by atoms with van der Waals surface area (Å²) in [4.78, 5) is 23.4. The third kappa shape index (κ3) is 4.72. The molecule has 4 heteroatoms. The Morgan fingerprint density at radius 1 is 0.679 bits per heavy atom. The van der Waals surface area contributed by atoms with E-state index in [4.69, 9.17) is 11.5 Å². The molecule has 0 aromatic heterocycles. The number of benzene rings is 3. The molecule has 0 aliphatic heterocycles. The Morgan fingerprint density at radius 2 is 1.11 bits per heavy atom. The topological polar surface area (TPSA) is 86.2 Å². The third-order valence-electron chi connectivity index (χ3n) is 4.62. The summed E-state index contributed by atoms with van der Waals surface area (Å²) in [6.45, 7) is 0. The molecular weight excluding hydrogens is 348 g/mol. The van der Waals surface area contributed by atoms with E-state index in [1.165, 1.54) is 0 Å². The van der Waals surface area contributed by atoms with E-state index in [1.807, 2.05) is 48.5 Å². The number of rotatable bonds is 8. The normalized spacial score (nSPS) is 11.9. The number of Topliss-reactive ketones (excluding diaryl/α,β-unsaturated/α-hetero) is 1. The van der Waals surface area contributed by atoms with Gasteiger partial charge in [-0.25, -0.2) is 0 Å². The maximum absolute atomic E-state index is 12.5. The highest BCUT2D eigenvalue weighted by atomic mass is 16.1. The van der Waals surface area contributed by atoms with Crippen molar-refractivity contribution in [2.75, 3.05) is 0 Å². The van der Waals surface area contributed by atoms with Crippen LogP contribution in [-0.2, 0) is 4.79 Å². The van der Waals surface area contributed by atoms with Crippen LogP contribution in [0.1, 0.15) is 39.9 Å². The minimum Gasteiger partial charge on any atom is -0.370 e. The number of carbonyl (C=O) groups excluding carboxylic acids is 2. The number of carbonyl (C=O) groups is 2. The summed E-state index contributed by atoms with van der Waals surface area (Å²) in [5.41, 5.74) is 14.8. The lowest BCUT2D eigenvalue weighted by Gasteiger charge is -2.18. The van der Waals surface area contributed by atoms with Gasteiger partial charge in [0.25, 0.3) is 0 Å². The van der Waals surface area contributed by atoms with Gasteiger partial charge in [-0.2, -0.15) is 0 Å². The summed E-state index contributed by atoms with van der Waals surface area (Å²) < 4.78 is 0. The van der Waals surface area contributed by atoms with Crippen LogP contribution in [0.5, 0.6) is 0 Å². The Kier molecular flexibility index (Phi) is 6.35. The quantitative estimate of drug-likeness (QED) is 0.469. The second kappa shape index (κ2) is 9.11. The standard InChI is InChI=1S/C24H23N2O2/c25-21(15-16-22(26)27)24(28)20-13-11-19(12-14-20)23(17-7-3-1-4-8-17)18-9-5-2-6-10-18/h1-14,21H,15-16,25H2,(H2,26,27)/t21-/m0/s1. The number of primary amides is 1. The van der Waals surface area contributed by atoms with E-state index < -0.39 is 11.9 Å². The van der Waals surface area contributed by atoms with Gasteiger partial charge in [-0.15, -0.1) is 0 Å². The van der Waals surface area contributed by atoms with Gasteiger partial charge in [0.15, 0.2) is 5.78 Å². The molecule has 0 heterocycles. The van der Waals surface area contributed by atoms with Crippen molar-refractivity contribution < 1.29 is 9.59 Å². The Labute approximate surface area is 165 Å². The summed E-state index contributed by atoms with van der Waals surface area (Å²) in [7, 11) is 0. The first kappa shape index (κ1) is 19.5. The number of ketones is 1. The predicted octanol–water partition coefficient (Wildman–Crippen LogP) is 3.48. The molecule has 3 aromatic rings. The van der Waals surface area contributed by atoms with Crippen LogP contribution in [0.25, 0.3) is 0 Å². The summed E-state index contributed by atoms with van der Waals surface area (Å²) in [6.07, 6.45) is 0.353. The van der Waals surface area contributed by atoms with Gasteiger partial charge in [-0.05, 0) is 23.1 Å². The van der Waals surface area contributed by atoms with Gasteiger partial charge in [-0.3, -0.25) is 9.59 Å².